The van der Waals surface area contributed by atoms with Gasteiger partial charge in [-0.05, 0) is 12.3 Å². The van der Waals surface area contributed by atoms with Crippen LogP contribution in [0.15, 0.2) is 0 Å². The minimum Gasteiger partial charge on any atom is -0.396 e. The Morgan fingerprint density at radius 2 is 2.00 bits per heavy atom. The Morgan fingerprint density at radius 3 is 2.38 bits per heavy atom. The van der Waals surface area contributed by atoms with Crippen LogP contribution in [0.3, 0.4) is 0 Å². The zero-order valence-corrected chi connectivity index (χ0v) is 9.85. The summed E-state index contributed by atoms with van der Waals surface area (Å²) in [4.78, 5) is 11.3. The molecule has 0 saturated heterocycles. The normalized spacial score (nSPS) is 13.0. The van der Waals surface area contributed by atoms with Crippen molar-refractivity contribution >= 4 is 13.9 Å². The Bertz CT molecular complexity index is 230. The van der Waals surface area contributed by atoms with Crippen molar-refractivity contribution in [2.45, 2.75) is 33.0 Å². The average Bonchev–Trinajstić information content (AvgIpc) is 1.99. The van der Waals surface area contributed by atoms with E-state index in [1.165, 1.54) is 0 Å². The second kappa shape index (κ2) is 5.20. The van der Waals surface area contributed by atoms with E-state index in [1.54, 1.807) is 6.92 Å². The highest BCUT2D eigenvalue weighted by atomic mass is 28.3. The first-order chi connectivity index (χ1) is 5.87. The summed E-state index contributed by atoms with van der Waals surface area (Å²) in [5.41, 5.74) is 3.02. The molecule has 0 aliphatic heterocycles. The van der Waals surface area contributed by atoms with Gasteiger partial charge in [0.25, 0.3) is 0 Å². The number of ketones is 1. The molecule has 2 nitrogen and oxygen atoms in total. The molecule has 13 heavy (non-hydrogen) atoms. The Morgan fingerprint density at radius 1 is 1.46 bits per heavy atom. The van der Waals surface area contributed by atoms with Crippen LogP contribution in [0, 0.1) is 17.4 Å². The van der Waals surface area contributed by atoms with Gasteiger partial charge in [-0.1, -0.05) is 26.6 Å². The van der Waals surface area contributed by atoms with Gasteiger partial charge in [-0.3, -0.25) is 4.79 Å². The third-order valence-corrected chi connectivity index (χ3v) is 2.45. The summed E-state index contributed by atoms with van der Waals surface area (Å²) in [6.07, 6.45) is 0.513. The van der Waals surface area contributed by atoms with Crippen LogP contribution in [0.2, 0.25) is 19.6 Å². The third kappa shape index (κ3) is 6.56. The highest BCUT2D eigenvalue weighted by molar-refractivity contribution is 6.84. The molecule has 0 fully saturated rings. The van der Waals surface area contributed by atoms with E-state index in [2.05, 4.69) is 31.1 Å². The van der Waals surface area contributed by atoms with Gasteiger partial charge in [-0.15, -0.1) is 5.54 Å². The lowest BCUT2D eigenvalue weighted by Crippen LogP contribution is -2.18. The van der Waals surface area contributed by atoms with Gasteiger partial charge in [-0.2, -0.15) is 0 Å². The number of aliphatic hydroxyl groups is 1. The SMILES string of the molecule is CC(CCO)C(=O)C#C[Si](C)(C)C. The molecule has 0 aromatic rings. The maximum atomic E-state index is 11.3. The Hall–Kier alpha value is -0.593. The number of aliphatic hydroxyl groups excluding tert-OH is 1. The number of Topliss-reactive ketones (excluding diaryl/α,β-unsaturated/α-hetero) is 1. The number of hydrogen-bond acceptors (Lipinski definition) is 2. The molecule has 0 saturated carbocycles. The van der Waals surface area contributed by atoms with Gasteiger partial charge in [0.15, 0.2) is 0 Å². The minimum atomic E-state index is -1.43. The predicted molar refractivity (Wildman–Crippen MR) is 57.0 cm³/mol. The van der Waals surface area contributed by atoms with Gasteiger partial charge in [0.2, 0.25) is 5.78 Å². The molecule has 1 N–H and O–H groups in total. The number of carbonyl (C=O) groups excluding carboxylic acids is 1. The fraction of sp³-hybridized carbons (Fsp3) is 0.700. The van der Waals surface area contributed by atoms with Gasteiger partial charge < -0.3 is 5.11 Å². The van der Waals surface area contributed by atoms with E-state index in [0.29, 0.717) is 6.42 Å². The zero-order valence-electron chi connectivity index (χ0n) is 8.85. The number of rotatable bonds is 3. The van der Waals surface area contributed by atoms with Crippen molar-refractivity contribution in [3.8, 4) is 11.5 Å². The topological polar surface area (TPSA) is 37.3 Å². The summed E-state index contributed by atoms with van der Waals surface area (Å²) in [5, 5.41) is 8.62. The molecule has 0 aliphatic carbocycles. The molecule has 1 unspecified atom stereocenters. The van der Waals surface area contributed by atoms with Crippen LogP contribution in [-0.2, 0) is 4.79 Å². The van der Waals surface area contributed by atoms with Crippen molar-refractivity contribution in [1.82, 2.24) is 0 Å². The first-order valence-corrected chi connectivity index (χ1v) is 8.04. The van der Waals surface area contributed by atoms with Crippen LogP contribution < -0.4 is 0 Å². The Balaban J connectivity index is 4.19. The van der Waals surface area contributed by atoms with Crippen LogP contribution in [0.1, 0.15) is 13.3 Å². The molecular formula is C10H18O2Si. The second-order valence-corrected chi connectivity index (χ2v) is 9.03. The van der Waals surface area contributed by atoms with Gasteiger partial charge in [0.1, 0.15) is 8.07 Å². The largest absolute Gasteiger partial charge is 0.396 e. The average molecular weight is 198 g/mol. The maximum Gasteiger partial charge on any atom is 0.207 e. The first-order valence-electron chi connectivity index (χ1n) is 4.54. The van der Waals surface area contributed by atoms with Crippen LogP contribution in [-0.4, -0.2) is 25.6 Å². The molecular weight excluding hydrogens is 180 g/mol. The van der Waals surface area contributed by atoms with E-state index < -0.39 is 8.07 Å². The summed E-state index contributed by atoms with van der Waals surface area (Å²) >= 11 is 0. The minimum absolute atomic E-state index is 0.0449. The fourth-order valence-electron chi connectivity index (χ4n) is 0.697. The van der Waals surface area contributed by atoms with Crippen LogP contribution in [0.5, 0.6) is 0 Å². The van der Waals surface area contributed by atoms with Crippen molar-refractivity contribution in [2.24, 2.45) is 5.92 Å². The maximum absolute atomic E-state index is 11.3. The standard InChI is InChI=1S/C10H18O2Si/c1-9(5-7-11)10(12)6-8-13(2,3)4/h9,11H,5,7H2,1-4H3. The van der Waals surface area contributed by atoms with Crippen molar-refractivity contribution in [1.29, 1.82) is 0 Å². The predicted octanol–water partition coefficient (Wildman–Crippen LogP) is 1.45. The van der Waals surface area contributed by atoms with Crippen molar-refractivity contribution in [3.63, 3.8) is 0 Å². The molecule has 0 aromatic heterocycles. The number of carbonyl (C=O) groups is 1. The molecule has 0 aliphatic rings. The molecule has 1 atom stereocenters. The molecule has 0 spiro atoms. The molecule has 0 amide bonds. The highest BCUT2D eigenvalue weighted by Crippen LogP contribution is 2.02. The second-order valence-electron chi connectivity index (χ2n) is 4.28. The monoisotopic (exact) mass is 198 g/mol. The summed E-state index contributed by atoms with van der Waals surface area (Å²) in [5.74, 6) is 2.49. The summed E-state index contributed by atoms with van der Waals surface area (Å²) in [7, 11) is -1.43. The molecule has 74 valence electrons. The van der Waals surface area contributed by atoms with Gasteiger partial charge in [0, 0.05) is 12.5 Å². The van der Waals surface area contributed by atoms with E-state index in [-0.39, 0.29) is 18.3 Å². The van der Waals surface area contributed by atoms with Crippen LogP contribution in [0.4, 0.5) is 0 Å². The van der Waals surface area contributed by atoms with Gasteiger partial charge in [0.05, 0.1) is 0 Å². The first kappa shape index (κ1) is 12.4. The van der Waals surface area contributed by atoms with E-state index in [1.807, 2.05) is 0 Å². The smallest absolute Gasteiger partial charge is 0.207 e. The Labute approximate surface area is 81.4 Å². The van der Waals surface area contributed by atoms with Crippen LogP contribution >= 0.6 is 0 Å². The van der Waals surface area contributed by atoms with E-state index in [4.69, 9.17) is 5.11 Å². The molecule has 0 aromatic carbocycles. The van der Waals surface area contributed by atoms with Crippen molar-refractivity contribution < 1.29 is 9.90 Å². The molecule has 0 heterocycles. The van der Waals surface area contributed by atoms with E-state index in [9.17, 15) is 4.79 Å². The van der Waals surface area contributed by atoms with Gasteiger partial charge >= 0.3 is 0 Å². The fourth-order valence-corrected chi connectivity index (χ4v) is 1.20. The summed E-state index contributed by atoms with van der Waals surface area (Å²) in [6, 6.07) is 0. The lowest BCUT2D eigenvalue weighted by atomic mass is 10.0. The van der Waals surface area contributed by atoms with Crippen molar-refractivity contribution in [2.75, 3.05) is 6.61 Å². The molecule has 0 rings (SSSR count). The summed E-state index contributed by atoms with van der Waals surface area (Å²) in [6.45, 7) is 8.16. The van der Waals surface area contributed by atoms with E-state index >= 15 is 0 Å². The molecule has 3 heteroatoms. The third-order valence-electron chi connectivity index (χ3n) is 1.57. The quantitative estimate of drug-likeness (QED) is 0.550. The highest BCUT2D eigenvalue weighted by Gasteiger charge is 2.12. The number of hydrogen-bond donors (Lipinski definition) is 1. The lowest BCUT2D eigenvalue weighted by Gasteiger charge is -2.05. The molecule has 0 radical (unpaired) electrons. The van der Waals surface area contributed by atoms with E-state index in [0.717, 1.165) is 0 Å². The van der Waals surface area contributed by atoms with Crippen molar-refractivity contribution in [3.05, 3.63) is 0 Å². The zero-order chi connectivity index (χ0) is 10.5. The summed E-state index contributed by atoms with van der Waals surface area (Å²) < 4.78 is 0. The lowest BCUT2D eigenvalue weighted by molar-refractivity contribution is -0.117. The van der Waals surface area contributed by atoms with Crippen LogP contribution in [0.25, 0.3) is 0 Å². The Kier molecular flexibility index (Phi) is 4.97. The molecule has 0 bridgehead atoms. The van der Waals surface area contributed by atoms with Gasteiger partial charge in [-0.25, -0.2) is 0 Å².